The monoisotopic (exact) mass is 430 g/mol. The molecule has 0 unspecified atom stereocenters. The van der Waals surface area contributed by atoms with Gasteiger partial charge in [0.1, 0.15) is 23.9 Å². The lowest BCUT2D eigenvalue weighted by molar-refractivity contribution is 0.171. The van der Waals surface area contributed by atoms with Gasteiger partial charge in [0.2, 0.25) is 0 Å². The maximum Gasteiger partial charge on any atom is 0.164 e. The molecule has 3 aromatic heterocycles. The molecule has 6 nitrogen and oxygen atoms in total. The minimum absolute atomic E-state index is 0.589. The van der Waals surface area contributed by atoms with Gasteiger partial charge in [-0.3, -0.25) is 4.98 Å². The lowest BCUT2D eigenvalue weighted by Gasteiger charge is -2.19. The van der Waals surface area contributed by atoms with Crippen LogP contribution in [0.3, 0.4) is 0 Å². The first-order valence-electron chi connectivity index (χ1n) is 10.7. The van der Waals surface area contributed by atoms with Crippen molar-refractivity contribution in [3.8, 4) is 22.9 Å². The Bertz CT molecular complexity index is 1260. The van der Waals surface area contributed by atoms with Crippen molar-refractivity contribution in [1.82, 2.24) is 15.0 Å². The summed E-state index contributed by atoms with van der Waals surface area (Å²) in [7, 11) is 0. The van der Waals surface area contributed by atoms with Crippen molar-refractivity contribution in [3.05, 3.63) is 58.7 Å². The number of benzene rings is 1. The van der Waals surface area contributed by atoms with Gasteiger partial charge in [-0.1, -0.05) is 6.07 Å². The van der Waals surface area contributed by atoms with Crippen molar-refractivity contribution < 1.29 is 9.47 Å². The molecule has 0 atom stereocenters. The van der Waals surface area contributed by atoms with Gasteiger partial charge in [-0.25, -0.2) is 9.97 Å². The molecule has 1 aliphatic carbocycles. The SMILES string of the molecule is c1cncc(-c2nc(NCc3ccc4c(c3)OCCO4)c3c4c(sc3n2)CCCC4)c1. The highest BCUT2D eigenvalue weighted by Crippen LogP contribution is 2.40. The van der Waals surface area contributed by atoms with Crippen LogP contribution in [0.4, 0.5) is 5.82 Å². The Labute approximate surface area is 184 Å². The zero-order valence-corrected chi connectivity index (χ0v) is 17.9. The third-order valence-electron chi connectivity index (χ3n) is 5.80. The summed E-state index contributed by atoms with van der Waals surface area (Å²) >= 11 is 1.81. The number of nitrogens with zero attached hydrogens (tertiary/aromatic N) is 3. The summed E-state index contributed by atoms with van der Waals surface area (Å²) in [4.78, 5) is 16.6. The molecule has 4 aromatic rings. The van der Waals surface area contributed by atoms with Crippen LogP contribution in [0.25, 0.3) is 21.6 Å². The predicted octanol–water partition coefficient (Wildman–Crippen LogP) is 5.02. The van der Waals surface area contributed by atoms with Gasteiger partial charge in [0.25, 0.3) is 0 Å². The lowest BCUT2D eigenvalue weighted by atomic mass is 9.97. The Morgan fingerprint density at radius 3 is 2.81 bits per heavy atom. The molecule has 1 N–H and O–H groups in total. The average Bonchev–Trinajstić information content (AvgIpc) is 3.21. The molecule has 0 amide bonds. The third-order valence-corrected chi connectivity index (χ3v) is 6.99. The molecule has 4 heterocycles. The minimum Gasteiger partial charge on any atom is -0.486 e. The first-order valence-corrected chi connectivity index (χ1v) is 11.5. The molecule has 0 bridgehead atoms. The number of aromatic nitrogens is 3. The number of anilines is 1. The Kier molecular flexibility index (Phi) is 4.68. The molecule has 6 rings (SSSR count). The largest absolute Gasteiger partial charge is 0.486 e. The van der Waals surface area contributed by atoms with E-state index in [1.807, 2.05) is 41.8 Å². The van der Waals surface area contributed by atoms with E-state index in [1.54, 1.807) is 6.20 Å². The topological polar surface area (TPSA) is 69.2 Å². The van der Waals surface area contributed by atoms with Gasteiger partial charge in [0.15, 0.2) is 17.3 Å². The summed E-state index contributed by atoms with van der Waals surface area (Å²) in [6.07, 6.45) is 8.31. The number of hydrogen-bond acceptors (Lipinski definition) is 7. The molecule has 7 heteroatoms. The van der Waals surface area contributed by atoms with E-state index in [2.05, 4.69) is 16.4 Å². The molecule has 0 fully saturated rings. The summed E-state index contributed by atoms with van der Waals surface area (Å²) in [6, 6.07) is 10.0. The van der Waals surface area contributed by atoms with Crippen molar-refractivity contribution >= 4 is 27.4 Å². The zero-order chi connectivity index (χ0) is 20.6. The van der Waals surface area contributed by atoms with Gasteiger partial charge in [-0.05, 0) is 61.1 Å². The molecule has 156 valence electrons. The molecule has 1 aromatic carbocycles. The van der Waals surface area contributed by atoms with E-state index >= 15 is 0 Å². The van der Waals surface area contributed by atoms with Crippen LogP contribution in [-0.4, -0.2) is 28.2 Å². The number of hydrogen-bond donors (Lipinski definition) is 1. The van der Waals surface area contributed by atoms with Crippen LogP contribution in [-0.2, 0) is 19.4 Å². The van der Waals surface area contributed by atoms with Crippen LogP contribution in [0.2, 0.25) is 0 Å². The van der Waals surface area contributed by atoms with E-state index in [0.29, 0.717) is 25.6 Å². The normalized spacial score (nSPS) is 15.0. The number of nitrogens with one attached hydrogen (secondary N) is 1. The van der Waals surface area contributed by atoms with E-state index < -0.39 is 0 Å². The predicted molar refractivity (Wildman–Crippen MR) is 122 cm³/mol. The molecule has 31 heavy (non-hydrogen) atoms. The summed E-state index contributed by atoms with van der Waals surface area (Å²) < 4.78 is 11.4. The minimum atomic E-state index is 0.589. The summed E-state index contributed by atoms with van der Waals surface area (Å²) in [5, 5.41) is 4.78. The summed E-state index contributed by atoms with van der Waals surface area (Å²) in [6.45, 7) is 1.84. The third kappa shape index (κ3) is 3.49. The molecular formula is C24H22N4O2S. The first kappa shape index (κ1) is 18.6. The smallest absolute Gasteiger partial charge is 0.164 e. The number of pyridine rings is 1. The highest BCUT2D eigenvalue weighted by molar-refractivity contribution is 7.19. The Morgan fingerprint density at radius 2 is 1.90 bits per heavy atom. The van der Waals surface area contributed by atoms with Gasteiger partial charge in [0.05, 0.1) is 5.39 Å². The Balaban J connectivity index is 1.39. The summed E-state index contributed by atoms with van der Waals surface area (Å²) in [5.74, 6) is 3.23. The fourth-order valence-corrected chi connectivity index (χ4v) is 5.55. The van der Waals surface area contributed by atoms with Gasteiger partial charge >= 0.3 is 0 Å². The molecular weight excluding hydrogens is 408 g/mol. The second-order valence-corrected chi connectivity index (χ2v) is 8.94. The molecule has 0 radical (unpaired) electrons. The van der Waals surface area contributed by atoms with Crippen molar-refractivity contribution in [2.45, 2.75) is 32.2 Å². The standard InChI is InChI=1S/C24H22N4O2S/c1-2-6-20-17(5-1)21-23(26-13-15-7-8-18-19(12-15)30-11-10-29-18)27-22(28-24(21)31-20)16-4-3-9-25-14-16/h3-4,7-9,12,14H,1-2,5-6,10-11,13H2,(H,26,27,28). The van der Waals surface area contributed by atoms with Crippen LogP contribution in [0.15, 0.2) is 42.7 Å². The number of ether oxygens (including phenoxy) is 2. The van der Waals surface area contributed by atoms with Gasteiger partial charge in [-0.2, -0.15) is 0 Å². The maximum atomic E-state index is 5.74. The highest BCUT2D eigenvalue weighted by Gasteiger charge is 2.22. The second kappa shape index (κ2) is 7.81. The van der Waals surface area contributed by atoms with Gasteiger partial charge in [0, 0.05) is 29.4 Å². The van der Waals surface area contributed by atoms with Crippen molar-refractivity contribution in [1.29, 1.82) is 0 Å². The second-order valence-electron chi connectivity index (χ2n) is 7.86. The van der Waals surface area contributed by atoms with E-state index in [-0.39, 0.29) is 0 Å². The van der Waals surface area contributed by atoms with E-state index in [4.69, 9.17) is 19.4 Å². The van der Waals surface area contributed by atoms with Crippen LogP contribution in [0.1, 0.15) is 28.8 Å². The Hall–Kier alpha value is -3.19. The number of aryl methyl sites for hydroxylation is 2. The quantitative estimate of drug-likeness (QED) is 0.491. The number of thiophene rings is 1. The van der Waals surface area contributed by atoms with Crippen molar-refractivity contribution in [3.63, 3.8) is 0 Å². The summed E-state index contributed by atoms with van der Waals surface area (Å²) in [5.41, 5.74) is 3.48. The van der Waals surface area contributed by atoms with E-state index in [9.17, 15) is 0 Å². The molecule has 0 spiro atoms. The van der Waals surface area contributed by atoms with Crippen LogP contribution in [0.5, 0.6) is 11.5 Å². The van der Waals surface area contributed by atoms with Gasteiger partial charge in [-0.15, -0.1) is 11.3 Å². The highest BCUT2D eigenvalue weighted by atomic mass is 32.1. The average molecular weight is 431 g/mol. The molecule has 0 saturated carbocycles. The van der Waals surface area contributed by atoms with Crippen LogP contribution >= 0.6 is 11.3 Å². The fourth-order valence-electron chi connectivity index (χ4n) is 4.29. The van der Waals surface area contributed by atoms with Crippen molar-refractivity contribution in [2.75, 3.05) is 18.5 Å². The molecule has 0 saturated heterocycles. The van der Waals surface area contributed by atoms with E-state index in [1.165, 1.54) is 28.7 Å². The first-order chi connectivity index (χ1) is 15.3. The molecule has 2 aliphatic rings. The number of fused-ring (bicyclic) bond motifs is 4. The maximum absolute atomic E-state index is 5.74. The van der Waals surface area contributed by atoms with Crippen LogP contribution < -0.4 is 14.8 Å². The lowest BCUT2D eigenvalue weighted by Crippen LogP contribution is -2.15. The Morgan fingerprint density at radius 1 is 1.00 bits per heavy atom. The fraction of sp³-hybridized carbons (Fsp3) is 0.292. The van der Waals surface area contributed by atoms with E-state index in [0.717, 1.165) is 46.1 Å². The van der Waals surface area contributed by atoms with Gasteiger partial charge < -0.3 is 14.8 Å². The van der Waals surface area contributed by atoms with Crippen molar-refractivity contribution in [2.24, 2.45) is 0 Å². The number of rotatable bonds is 4. The molecule has 1 aliphatic heterocycles. The van der Waals surface area contributed by atoms with Crippen LogP contribution in [0, 0.1) is 0 Å². The zero-order valence-electron chi connectivity index (χ0n) is 17.1.